The molecule has 0 radical (unpaired) electrons. The molecule has 1 N–H and O–H groups in total. The Labute approximate surface area is 116 Å². The van der Waals surface area contributed by atoms with Crippen molar-refractivity contribution in [3.8, 4) is 0 Å². The first kappa shape index (κ1) is 16.4. The minimum atomic E-state index is -0.621. The molecule has 1 saturated heterocycles. The van der Waals surface area contributed by atoms with Crippen LogP contribution in [0, 0.1) is 0 Å². The number of likely N-dealkylation sites (N-methyl/N-ethyl adjacent to an activating group) is 1. The predicted octanol–water partition coefficient (Wildman–Crippen LogP) is 1.03. The second kappa shape index (κ2) is 6.68. The normalized spacial score (nSPS) is 22.8. The molecule has 0 aromatic rings. The number of hydrogen-bond donors (Lipinski definition) is 1. The van der Waals surface area contributed by atoms with Gasteiger partial charge in [-0.1, -0.05) is 0 Å². The zero-order valence-electron chi connectivity index (χ0n) is 12.9. The van der Waals surface area contributed by atoms with Gasteiger partial charge >= 0.3 is 5.97 Å². The molecule has 0 aromatic heterocycles. The summed E-state index contributed by atoms with van der Waals surface area (Å²) in [5, 5.41) is 3.10. The molecule has 5 nitrogen and oxygen atoms in total. The van der Waals surface area contributed by atoms with Gasteiger partial charge in [-0.25, -0.2) is 0 Å². The van der Waals surface area contributed by atoms with Crippen LogP contribution in [0.5, 0.6) is 0 Å². The van der Waals surface area contributed by atoms with Gasteiger partial charge in [0.05, 0.1) is 19.8 Å². The SMILES string of the molecule is CCOC(=O)C(C)(CCN1CCOCC1(C)C)NC. The summed E-state index contributed by atoms with van der Waals surface area (Å²) in [4.78, 5) is 14.4. The van der Waals surface area contributed by atoms with Crippen molar-refractivity contribution >= 4 is 5.97 Å². The van der Waals surface area contributed by atoms with Gasteiger partial charge < -0.3 is 14.8 Å². The molecule has 0 spiro atoms. The van der Waals surface area contributed by atoms with Gasteiger partial charge in [-0.05, 0) is 41.2 Å². The van der Waals surface area contributed by atoms with Crippen molar-refractivity contribution < 1.29 is 14.3 Å². The molecule has 0 amide bonds. The third-order valence-electron chi connectivity index (χ3n) is 3.98. The lowest BCUT2D eigenvalue weighted by Crippen LogP contribution is -2.56. The topological polar surface area (TPSA) is 50.8 Å². The van der Waals surface area contributed by atoms with Gasteiger partial charge in [0.1, 0.15) is 5.54 Å². The minimum absolute atomic E-state index is 0.0293. The molecule has 1 unspecified atom stereocenters. The number of nitrogens with zero attached hydrogens (tertiary/aromatic N) is 1. The van der Waals surface area contributed by atoms with E-state index in [1.165, 1.54) is 0 Å². The van der Waals surface area contributed by atoms with Crippen molar-refractivity contribution in [2.75, 3.05) is 40.0 Å². The Morgan fingerprint density at radius 3 is 2.74 bits per heavy atom. The number of ether oxygens (including phenoxy) is 2. The maximum Gasteiger partial charge on any atom is 0.326 e. The molecule has 0 aromatic carbocycles. The number of morpholine rings is 1. The summed E-state index contributed by atoms with van der Waals surface area (Å²) in [6.07, 6.45) is 0.728. The van der Waals surface area contributed by atoms with Crippen LogP contribution >= 0.6 is 0 Å². The van der Waals surface area contributed by atoms with Gasteiger partial charge in [-0.2, -0.15) is 0 Å². The highest BCUT2D eigenvalue weighted by atomic mass is 16.5. The van der Waals surface area contributed by atoms with Crippen molar-refractivity contribution in [3.63, 3.8) is 0 Å². The summed E-state index contributed by atoms with van der Waals surface area (Å²) in [5.41, 5.74) is -0.591. The monoisotopic (exact) mass is 272 g/mol. The highest BCUT2D eigenvalue weighted by Gasteiger charge is 2.36. The Kier molecular flexibility index (Phi) is 5.77. The van der Waals surface area contributed by atoms with E-state index >= 15 is 0 Å². The highest BCUT2D eigenvalue weighted by molar-refractivity contribution is 5.80. The summed E-state index contributed by atoms with van der Waals surface area (Å²) >= 11 is 0. The quantitative estimate of drug-likeness (QED) is 0.732. The number of hydrogen-bond acceptors (Lipinski definition) is 5. The van der Waals surface area contributed by atoms with Crippen LogP contribution in [0.1, 0.15) is 34.1 Å². The molecule has 1 heterocycles. The van der Waals surface area contributed by atoms with Gasteiger partial charge in [0.2, 0.25) is 0 Å². The molecule has 5 heteroatoms. The molecule has 0 saturated carbocycles. The van der Waals surface area contributed by atoms with Crippen LogP contribution in [0.15, 0.2) is 0 Å². The smallest absolute Gasteiger partial charge is 0.326 e. The van der Waals surface area contributed by atoms with E-state index in [9.17, 15) is 4.79 Å². The lowest BCUT2D eigenvalue weighted by molar-refractivity contribution is -0.151. The molecule has 112 valence electrons. The largest absolute Gasteiger partial charge is 0.465 e. The van der Waals surface area contributed by atoms with Crippen molar-refractivity contribution in [1.29, 1.82) is 0 Å². The molecular formula is C14H28N2O3. The maximum absolute atomic E-state index is 12.0. The Balaban J connectivity index is 2.59. The summed E-state index contributed by atoms with van der Waals surface area (Å²) in [7, 11) is 1.81. The zero-order valence-corrected chi connectivity index (χ0v) is 12.9. The Bertz CT molecular complexity index is 307. The van der Waals surface area contributed by atoms with Crippen molar-refractivity contribution in [1.82, 2.24) is 10.2 Å². The minimum Gasteiger partial charge on any atom is -0.465 e. The fourth-order valence-electron chi connectivity index (χ4n) is 2.28. The van der Waals surface area contributed by atoms with E-state index in [1.807, 2.05) is 13.8 Å². The highest BCUT2D eigenvalue weighted by Crippen LogP contribution is 2.21. The van der Waals surface area contributed by atoms with E-state index in [1.54, 1.807) is 7.05 Å². The first-order chi connectivity index (χ1) is 8.85. The molecule has 1 rings (SSSR count). The molecule has 0 bridgehead atoms. The molecule has 1 aliphatic rings. The van der Waals surface area contributed by atoms with Crippen LogP contribution < -0.4 is 5.32 Å². The fourth-order valence-corrected chi connectivity index (χ4v) is 2.28. The van der Waals surface area contributed by atoms with Crippen LogP contribution in [-0.2, 0) is 14.3 Å². The van der Waals surface area contributed by atoms with E-state index in [2.05, 4.69) is 24.1 Å². The zero-order chi connectivity index (χ0) is 14.5. The van der Waals surface area contributed by atoms with Crippen LogP contribution in [-0.4, -0.2) is 61.9 Å². The first-order valence-electron chi connectivity index (χ1n) is 7.04. The van der Waals surface area contributed by atoms with E-state index < -0.39 is 5.54 Å². The van der Waals surface area contributed by atoms with Gasteiger partial charge in [-0.3, -0.25) is 9.69 Å². The summed E-state index contributed by atoms with van der Waals surface area (Å²) < 4.78 is 10.7. The predicted molar refractivity (Wildman–Crippen MR) is 75.2 cm³/mol. The van der Waals surface area contributed by atoms with E-state index in [0.717, 1.165) is 32.7 Å². The third-order valence-corrected chi connectivity index (χ3v) is 3.98. The maximum atomic E-state index is 12.0. The third kappa shape index (κ3) is 4.16. The standard InChI is InChI=1S/C14H28N2O3/c1-6-19-12(17)14(4,15-5)7-8-16-9-10-18-11-13(16,2)3/h15H,6-11H2,1-5H3. The van der Waals surface area contributed by atoms with Crippen molar-refractivity contribution in [3.05, 3.63) is 0 Å². The van der Waals surface area contributed by atoms with Gasteiger partial charge in [0.25, 0.3) is 0 Å². The van der Waals surface area contributed by atoms with Gasteiger partial charge in [0, 0.05) is 18.6 Å². The van der Waals surface area contributed by atoms with Crippen LogP contribution in [0.2, 0.25) is 0 Å². The number of carbonyl (C=O) groups excluding carboxylic acids is 1. The lowest BCUT2D eigenvalue weighted by Gasteiger charge is -2.43. The van der Waals surface area contributed by atoms with E-state index in [0.29, 0.717) is 6.61 Å². The fraction of sp³-hybridized carbons (Fsp3) is 0.929. The molecule has 1 aliphatic heterocycles. The molecule has 1 fully saturated rings. The number of esters is 1. The number of carbonyl (C=O) groups is 1. The number of nitrogens with one attached hydrogen (secondary N) is 1. The van der Waals surface area contributed by atoms with Crippen molar-refractivity contribution in [2.24, 2.45) is 0 Å². The van der Waals surface area contributed by atoms with Crippen LogP contribution in [0.3, 0.4) is 0 Å². The second-order valence-electron chi connectivity index (χ2n) is 5.90. The van der Waals surface area contributed by atoms with Gasteiger partial charge in [-0.15, -0.1) is 0 Å². The van der Waals surface area contributed by atoms with Gasteiger partial charge in [0.15, 0.2) is 0 Å². The average Bonchev–Trinajstić information content (AvgIpc) is 2.37. The van der Waals surface area contributed by atoms with Crippen LogP contribution in [0.4, 0.5) is 0 Å². The number of rotatable bonds is 6. The Morgan fingerprint density at radius 2 is 2.21 bits per heavy atom. The Morgan fingerprint density at radius 1 is 1.53 bits per heavy atom. The van der Waals surface area contributed by atoms with E-state index in [-0.39, 0.29) is 11.5 Å². The average molecular weight is 272 g/mol. The summed E-state index contributed by atoms with van der Waals surface area (Å²) in [6.45, 7) is 11.8. The first-order valence-corrected chi connectivity index (χ1v) is 7.04. The molecule has 0 aliphatic carbocycles. The lowest BCUT2D eigenvalue weighted by atomic mass is 9.95. The second-order valence-corrected chi connectivity index (χ2v) is 5.90. The molecular weight excluding hydrogens is 244 g/mol. The van der Waals surface area contributed by atoms with Crippen molar-refractivity contribution in [2.45, 2.75) is 45.2 Å². The Hall–Kier alpha value is -0.650. The summed E-state index contributed by atoms with van der Waals surface area (Å²) in [5.74, 6) is -0.177. The van der Waals surface area contributed by atoms with E-state index in [4.69, 9.17) is 9.47 Å². The molecule has 19 heavy (non-hydrogen) atoms. The molecule has 1 atom stereocenters. The van der Waals surface area contributed by atoms with Crippen LogP contribution in [0.25, 0.3) is 0 Å². The summed E-state index contributed by atoms with van der Waals surface area (Å²) in [6, 6.07) is 0.